The van der Waals surface area contributed by atoms with Crippen molar-refractivity contribution in [3.8, 4) is 28.1 Å². The van der Waals surface area contributed by atoms with Gasteiger partial charge in [-0.05, 0) is 54.4 Å². The smallest absolute Gasteiger partial charge is 0.416 e. The molecule has 0 spiro atoms. The largest absolute Gasteiger partial charge is 0.494 e. The quantitative estimate of drug-likeness (QED) is 0.378. The van der Waals surface area contributed by atoms with Crippen molar-refractivity contribution in [2.24, 2.45) is 0 Å². The maximum Gasteiger partial charge on any atom is 0.416 e. The first-order valence-electron chi connectivity index (χ1n) is 9.85. The Kier molecular flexibility index (Phi) is 5.57. The summed E-state index contributed by atoms with van der Waals surface area (Å²) in [6, 6.07) is 19.2. The molecule has 1 aromatic heterocycles. The van der Waals surface area contributed by atoms with Gasteiger partial charge in [-0.15, -0.1) is 0 Å². The van der Waals surface area contributed by atoms with E-state index in [0.717, 1.165) is 29.0 Å². The van der Waals surface area contributed by atoms with Crippen molar-refractivity contribution in [1.82, 2.24) is 4.98 Å². The summed E-state index contributed by atoms with van der Waals surface area (Å²) in [5, 5.41) is 9.53. The van der Waals surface area contributed by atoms with Crippen LogP contribution in [0, 0.1) is 0 Å². The maximum absolute atomic E-state index is 13.1. The van der Waals surface area contributed by atoms with Crippen LogP contribution in [-0.4, -0.2) is 22.7 Å². The van der Waals surface area contributed by atoms with Gasteiger partial charge in [-0.2, -0.15) is 13.2 Å². The predicted octanol–water partition coefficient (Wildman–Crippen LogP) is 6.68. The van der Waals surface area contributed by atoms with Crippen molar-refractivity contribution in [2.75, 3.05) is 6.61 Å². The van der Waals surface area contributed by atoms with Crippen LogP contribution < -0.4 is 4.74 Å². The van der Waals surface area contributed by atoms with E-state index in [9.17, 15) is 23.1 Å². The number of carboxylic acids is 1. The molecule has 4 aromatic rings. The molecule has 0 aliphatic carbocycles. The molecule has 0 unspecified atom stereocenters. The molecule has 1 heterocycles. The molecule has 0 saturated carbocycles. The number of nitrogens with zero attached hydrogens (tertiary/aromatic N) is 1. The lowest BCUT2D eigenvalue weighted by Gasteiger charge is -2.11. The second-order valence-corrected chi connectivity index (χ2v) is 7.13. The molecule has 1 N–H and O–H groups in total. The van der Waals surface area contributed by atoms with Gasteiger partial charge in [-0.3, -0.25) is 0 Å². The highest BCUT2D eigenvalue weighted by molar-refractivity contribution is 6.04. The van der Waals surface area contributed by atoms with Crippen LogP contribution in [0.25, 0.3) is 33.3 Å². The first-order chi connectivity index (χ1) is 15.3. The van der Waals surface area contributed by atoms with E-state index in [2.05, 4.69) is 4.98 Å². The Balaban J connectivity index is 1.75. The molecule has 0 bridgehead atoms. The number of fused-ring (bicyclic) bond motifs is 1. The number of ether oxygens (including phenoxy) is 1. The van der Waals surface area contributed by atoms with Gasteiger partial charge in [0.25, 0.3) is 0 Å². The Labute approximate surface area is 181 Å². The molecule has 3 aromatic carbocycles. The summed E-state index contributed by atoms with van der Waals surface area (Å²) in [5.41, 5.74) is 1.94. The van der Waals surface area contributed by atoms with E-state index in [1.54, 1.807) is 12.1 Å². The molecule has 162 valence electrons. The molecule has 0 atom stereocenters. The number of hydrogen-bond acceptors (Lipinski definition) is 3. The van der Waals surface area contributed by atoms with Gasteiger partial charge in [0.2, 0.25) is 0 Å². The van der Waals surface area contributed by atoms with Gasteiger partial charge in [-0.25, -0.2) is 9.78 Å². The normalized spacial score (nSPS) is 11.5. The zero-order valence-corrected chi connectivity index (χ0v) is 17.0. The molecule has 4 rings (SSSR count). The SMILES string of the molecule is CCOc1cccc(-c2ccc(-c3cc(C(=O)O)c4cc(C(F)(F)F)ccc4n3)cc2)c1. The van der Waals surface area contributed by atoms with Crippen molar-refractivity contribution in [1.29, 1.82) is 0 Å². The Morgan fingerprint density at radius 1 is 0.938 bits per heavy atom. The highest BCUT2D eigenvalue weighted by atomic mass is 19.4. The molecule has 0 radical (unpaired) electrons. The molecule has 0 aliphatic rings. The molecular formula is C25H18F3NO3. The van der Waals surface area contributed by atoms with Crippen LogP contribution in [0.5, 0.6) is 5.75 Å². The number of hydrogen-bond donors (Lipinski definition) is 1. The summed E-state index contributed by atoms with van der Waals surface area (Å²) in [5.74, 6) is -0.558. The summed E-state index contributed by atoms with van der Waals surface area (Å²) in [7, 11) is 0. The third kappa shape index (κ3) is 4.27. The molecule has 0 aliphatic heterocycles. The lowest BCUT2D eigenvalue weighted by atomic mass is 10.00. The lowest BCUT2D eigenvalue weighted by molar-refractivity contribution is -0.137. The first kappa shape index (κ1) is 21.4. The van der Waals surface area contributed by atoms with Crippen LogP contribution >= 0.6 is 0 Å². The fourth-order valence-electron chi connectivity index (χ4n) is 3.49. The van der Waals surface area contributed by atoms with Gasteiger partial charge < -0.3 is 9.84 Å². The zero-order chi connectivity index (χ0) is 22.9. The van der Waals surface area contributed by atoms with Gasteiger partial charge in [0, 0.05) is 10.9 Å². The van der Waals surface area contributed by atoms with Crippen molar-refractivity contribution in [3.63, 3.8) is 0 Å². The second kappa shape index (κ2) is 8.34. The van der Waals surface area contributed by atoms with Crippen LogP contribution in [0.3, 0.4) is 0 Å². The highest BCUT2D eigenvalue weighted by Crippen LogP contribution is 2.34. The molecule has 7 heteroatoms. The van der Waals surface area contributed by atoms with Gasteiger partial charge in [0.1, 0.15) is 5.75 Å². The first-order valence-corrected chi connectivity index (χ1v) is 9.85. The van der Waals surface area contributed by atoms with Crippen LogP contribution in [0.2, 0.25) is 0 Å². The lowest BCUT2D eigenvalue weighted by Crippen LogP contribution is -2.06. The van der Waals surface area contributed by atoms with E-state index in [1.807, 2.05) is 43.3 Å². The van der Waals surface area contributed by atoms with Gasteiger partial charge in [0.15, 0.2) is 0 Å². The number of benzene rings is 3. The average molecular weight is 437 g/mol. The number of aromatic nitrogens is 1. The second-order valence-electron chi connectivity index (χ2n) is 7.13. The fraction of sp³-hybridized carbons (Fsp3) is 0.120. The summed E-state index contributed by atoms with van der Waals surface area (Å²) in [6.45, 7) is 2.47. The van der Waals surface area contributed by atoms with Crippen LogP contribution in [-0.2, 0) is 6.18 Å². The molecular weight excluding hydrogens is 419 g/mol. The Morgan fingerprint density at radius 2 is 1.66 bits per heavy atom. The number of pyridine rings is 1. The van der Waals surface area contributed by atoms with E-state index < -0.39 is 17.7 Å². The highest BCUT2D eigenvalue weighted by Gasteiger charge is 2.31. The van der Waals surface area contributed by atoms with Crippen molar-refractivity contribution in [3.05, 3.63) is 83.9 Å². The third-order valence-electron chi connectivity index (χ3n) is 5.03. The number of alkyl halides is 3. The minimum Gasteiger partial charge on any atom is -0.494 e. The van der Waals surface area contributed by atoms with Crippen LogP contribution in [0.15, 0.2) is 72.8 Å². The van der Waals surface area contributed by atoms with E-state index in [1.165, 1.54) is 12.1 Å². The minimum atomic E-state index is -4.57. The van der Waals surface area contributed by atoms with Gasteiger partial charge >= 0.3 is 12.1 Å². The monoisotopic (exact) mass is 437 g/mol. The summed E-state index contributed by atoms with van der Waals surface area (Å²) < 4.78 is 44.7. The van der Waals surface area contributed by atoms with E-state index >= 15 is 0 Å². The van der Waals surface area contributed by atoms with Crippen LogP contribution in [0.1, 0.15) is 22.8 Å². The fourth-order valence-corrected chi connectivity index (χ4v) is 3.49. The standard InChI is InChI=1S/C25H18F3NO3/c1-2-32-19-5-3-4-17(12-19)15-6-8-16(9-7-15)23-14-21(24(30)31)20-13-18(25(26,27)28)10-11-22(20)29-23/h3-14H,2H2,1H3,(H,30,31). The molecule has 4 nitrogen and oxygen atoms in total. The van der Waals surface area contributed by atoms with E-state index in [-0.39, 0.29) is 16.5 Å². The Bertz CT molecular complexity index is 1300. The number of halogens is 3. The third-order valence-corrected chi connectivity index (χ3v) is 5.03. The van der Waals surface area contributed by atoms with Crippen LogP contribution in [0.4, 0.5) is 13.2 Å². The molecule has 0 saturated heterocycles. The van der Waals surface area contributed by atoms with Crippen molar-refractivity contribution in [2.45, 2.75) is 13.1 Å². The van der Waals surface area contributed by atoms with E-state index in [0.29, 0.717) is 17.9 Å². The minimum absolute atomic E-state index is 0.0552. The number of aromatic carboxylic acids is 1. The summed E-state index contributed by atoms with van der Waals surface area (Å²) >= 11 is 0. The zero-order valence-electron chi connectivity index (χ0n) is 17.0. The Morgan fingerprint density at radius 3 is 2.31 bits per heavy atom. The summed E-state index contributed by atoms with van der Waals surface area (Å²) in [6.07, 6.45) is -4.57. The Hall–Kier alpha value is -3.87. The van der Waals surface area contributed by atoms with Crippen molar-refractivity contribution >= 4 is 16.9 Å². The maximum atomic E-state index is 13.1. The molecule has 32 heavy (non-hydrogen) atoms. The summed E-state index contributed by atoms with van der Waals surface area (Å²) in [4.78, 5) is 16.2. The van der Waals surface area contributed by atoms with Crippen molar-refractivity contribution < 1.29 is 27.8 Å². The topological polar surface area (TPSA) is 59.4 Å². The predicted molar refractivity (Wildman–Crippen MR) is 116 cm³/mol. The van der Waals surface area contributed by atoms with E-state index in [4.69, 9.17) is 4.74 Å². The van der Waals surface area contributed by atoms with Gasteiger partial charge in [0.05, 0.1) is 28.9 Å². The number of rotatable bonds is 5. The molecule has 0 fully saturated rings. The number of carbonyl (C=O) groups is 1. The average Bonchev–Trinajstić information content (AvgIpc) is 2.78. The van der Waals surface area contributed by atoms with Gasteiger partial charge in [-0.1, -0.05) is 36.4 Å². The molecule has 0 amide bonds. The number of carboxylic acid groups (broad SMARTS) is 1.